The first kappa shape index (κ1) is 12.9. The van der Waals surface area contributed by atoms with Gasteiger partial charge in [0.15, 0.2) is 0 Å². The minimum Gasteiger partial charge on any atom is -0.481 e. The van der Waals surface area contributed by atoms with Crippen LogP contribution in [0.3, 0.4) is 0 Å². The number of aliphatic hydroxyl groups excluding tert-OH is 2. The third-order valence-corrected chi connectivity index (χ3v) is 2.43. The average Bonchev–Trinajstić information content (AvgIpc) is 2.28. The molecule has 2 atom stereocenters. The van der Waals surface area contributed by atoms with Crippen molar-refractivity contribution in [2.24, 2.45) is 0 Å². The average molecular weight is 226 g/mol. The van der Waals surface area contributed by atoms with E-state index in [1.807, 2.05) is 6.92 Å². The van der Waals surface area contributed by atoms with Crippen LogP contribution < -0.4 is 10.1 Å². The molecule has 3 N–H and O–H groups in total. The van der Waals surface area contributed by atoms with Crippen LogP contribution >= 0.6 is 0 Å². The van der Waals surface area contributed by atoms with Gasteiger partial charge in [-0.25, -0.2) is 4.98 Å². The van der Waals surface area contributed by atoms with Crippen LogP contribution in [0.5, 0.6) is 5.88 Å². The third-order valence-electron chi connectivity index (χ3n) is 2.43. The predicted molar refractivity (Wildman–Crippen MR) is 60.4 cm³/mol. The molecule has 1 aromatic rings. The Kier molecular flexibility index (Phi) is 4.67. The molecule has 90 valence electrons. The van der Waals surface area contributed by atoms with E-state index < -0.39 is 12.2 Å². The highest BCUT2D eigenvalue weighted by atomic mass is 16.5. The Morgan fingerprint density at radius 2 is 2.19 bits per heavy atom. The highest BCUT2D eigenvalue weighted by molar-refractivity contribution is 5.30. The molecule has 1 heterocycles. The Hall–Kier alpha value is -1.17. The number of ether oxygens (including phenoxy) is 1. The van der Waals surface area contributed by atoms with Gasteiger partial charge in [0.25, 0.3) is 0 Å². The van der Waals surface area contributed by atoms with E-state index >= 15 is 0 Å². The topological polar surface area (TPSA) is 74.6 Å². The van der Waals surface area contributed by atoms with Crippen LogP contribution in [0.4, 0.5) is 0 Å². The van der Waals surface area contributed by atoms with E-state index in [-0.39, 0.29) is 0 Å². The summed E-state index contributed by atoms with van der Waals surface area (Å²) in [6.45, 7) is 2.17. The maximum Gasteiger partial charge on any atom is 0.213 e. The number of pyridine rings is 1. The van der Waals surface area contributed by atoms with Crippen LogP contribution in [0, 0.1) is 6.92 Å². The molecule has 2 unspecified atom stereocenters. The second-order valence-electron chi connectivity index (χ2n) is 3.65. The SMILES string of the molecule is CNCC(O)C(O)c1cnc(OC)cc1C. The lowest BCUT2D eigenvalue weighted by atomic mass is 10.0. The zero-order valence-corrected chi connectivity index (χ0v) is 9.77. The standard InChI is InChI=1S/C11H18N2O3/c1-7-4-10(16-3)13-5-8(7)11(15)9(14)6-12-2/h4-5,9,11-12,14-15H,6H2,1-3H3. The Labute approximate surface area is 95.1 Å². The first-order valence-corrected chi connectivity index (χ1v) is 5.11. The Morgan fingerprint density at radius 3 is 2.69 bits per heavy atom. The Balaban J connectivity index is 2.87. The lowest BCUT2D eigenvalue weighted by molar-refractivity contribution is 0.0196. The summed E-state index contributed by atoms with van der Waals surface area (Å²) in [6, 6.07) is 1.73. The predicted octanol–water partition coefficient (Wildman–Crippen LogP) is 0.0123. The molecule has 0 aliphatic rings. The van der Waals surface area contributed by atoms with Gasteiger partial charge < -0.3 is 20.3 Å². The summed E-state index contributed by atoms with van der Waals surface area (Å²) in [4.78, 5) is 4.01. The monoisotopic (exact) mass is 226 g/mol. The number of aromatic nitrogens is 1. The lowest BCUT2D eigenvalue weighted by Crippen LogP contribution is -2.30. The van der Waals surface area contributed by atoms with Crippen molar-refractivity contribution < 1.29 is 14.9 Å². The molecule has 5 heteroatoms. The fourth-order valence-corrected chi connectivity index (χ4v) is 1.49. The first-order chi connectivity index (χ1) is 7.60. The quantitative estimate of drug-likeness (QED) is 0.659. The summed E-state index contributed by atoms with van der Waals surface area (Å²) in [5.41, 5.74) is 1.46. The molecule has 1 aromatic heterocycles. The van der Waals surface area contributed by atoms with Gasteiger partial charge in [0.05, 0.1) is 13.2 Å². The third kappa shape index (κ3) is 2.91. The van der Waals surface area contributed by atoms with Crippen molar-refractivity contribution in [3.63, 3.8) is 0 Å². The van der Waals surface area contributed by atoms with E-state index in [0.717, 1.165) is 5.56 Å². The van der Waals surface area contributed by atoms with Crippen LogP contribution in [-0.4, -0.2) is 42.0 Å². The van der Waals surface area contributed by atoms with E-state index in [0.29, 0.717) is 18.0 Å². The lowest BCUT2D eigenvalue weighted by Gasteiger charge is -2.19. The largest absolute Gasteiger partial charge is 0.481 e. The van der Waals surface area contributed by atoms with Gasteiger partial charge in [-0.15, -0.1) is 0 Å². The Morgan fingerprint density at radius 1 is 1.50 bits per heavy atom. The van der Waals surface area contributed by atoms with E-state index in [1.54, 1.807) is 13.1 Å². The number of methoxy groups -OCH3 is 1. The number of hydrogen-bond donors (Lipinski definition) is 3. The molecule has 0 saturated heterocycles. The van der Waals surface area contributed by atoms with Crippen LogP contribution in [0.25, 0.3) is 0 Å². The zero-order chi connectivity index (χ0) is 12.1. The zero-order valence-electron chi connectivity index (χ0n) is 9.77. The van der Waals surface area contributed by atoms with Gasteiger partial charge in [0, 0.05) is 24.4 Å². The summed E-state index contributed by atoms with van der Waals surface area (Å²) in [7, 11) is 3.25. The number of hydrogen-bond acceptors (Lipinski definition) is 5. The summed E-state index contributed by atoms with van der Waals surface area (Å²) in [5, 5.41) is 22.3. The van der Waals surface area contributed by atoms with E-state index in [4.69, 9.17) is 4.74 Å². The van der Waals surface area contributed by atoms with Gasteiger partial charge >= 0.3 is 0 Å². The molecule has 1 rings (SSSR count). The maximum atomic E-state index is 9.89. The smallest absolute Gasteiger partial charge is 0.213 e. The molecule has 0 fully saturated rings. The first-order valence-electron chi connectivity index (χ1n) is 5.11. The van der Waals surface area contributed by atoms with Gasteiger partial charge in [-0.3, -0.25) is 0 Å². The molecule has 0 saturated carbocycles. The number of rotatable bonds is 5. The van der Waals surface area contributed by atoms with Crippen LogP contribution in [0.15, 0.2) is 12.3 Å². The molecule has 0 aliphatic heterocycles. The molecular formula is C11H18N2O3. The van der Waals surface area contributed by atoms with Crippen LogP contribution in [0.2, 0.25) is 0 Å². The molecule has 16 heavy (non-hydrogen) atoms. The fraction of sp³-hybridized carbons (Fsp3) is 0.545. The summed E-state index contributed by atoms with van der Waals surface area (Å²) in [5.74, 6) is 0.497. The molecule has 0 bridgehead atoms. The normalized spacial score (nSPS) is 14.6. The minimum atomic E-state index is -0.939. The maximum absolute atomic E-state index is 9.89. The number of aliphatic hydroxyl groups is 2. The van der Waals surface area contributed by atoms with Crippen molar-refractivity contribution in [3.05, 3.63) is 23.4 Å². The Bertz CT molecular complexity index is 344. The molecule has 0 radical (unpaired) electrons. The second kappa shape index (κ2) is 5.79. The highest BCUT2D eigenvalue weighted by Crippen LogP contribution is 2.22. The van der Waals surface area contributed by atoms with Gasteiger partial charge in [-0.05, 0) is 19.5 Å². The van der Waals surface area contributed by atoms with Crippen LogP contribution in [0.1, 0.15) is 17.2 Å². The van der Waals surface area contributed by atoms with E-state index in [9.17, 15) is 10.2 Å². The van der Waals surface area contributed by atoms with Crippen molar-refractivity contribution in [1.29, 1.82) is 0 Å². The van der Waals surface area contributed by atoms with Crippen molar-refractivity contribution in [1.82, 2.24) is 10.3 Å². The van der Waals surface area contributed by atoms with Crippen molar-refractivity contribution in [2.45, 2.75) is 19.1 Å². The van der Waals surface area contributed by atoms with Gasteiger partial charge in [0.2, 0.25) is 5.88 Å². The van der Waals surface area contributed by atoms with Crippen molar-refractivity contribution >= 4 is 0 Å². The molecular weight excluding hydrogens is 208 g/mol. The van der Waals surface area contributed by atoms with Gasteiger partial charge in [-0.2, -0.15) is 0 Å². The molecule has 5 nitrogen and oxygen atoms in total. The van der Waals surface area contributed by atoms with Crippen molar-refractivity contribution in [2.75, 3.05) is 20.7 Å². The summed E-state index contributed by atoms with van der Waals surface area (Å²) in [6.07, 6.45) is -0.262. The van der Waals surface area contributed by atoms with E-state index in [2.05, 4.69) is 10.3 Å². The number of likely N-dealkylation sites (N-methyl/N-ethyl adjacent to an activating group) is 1. The van der Waals surface area contributed by atoms with Gasteiger partial charge in [0.1, 0.15) is 6.10 Å². The van der Waals surface area contributed by atoms with Crippen molar-refractivity contribution in [3.8, 4) is 5.88 Å². The molecule has 0 aliphatic carbocycles. The number of nitrogens with one attached hydrogen (secondary N) is 1. The molecule has 0 aromatic carbocycles. The second-order valence-corrected chi connectivity index (χ2v) is 3.65. The summed E-state index contributed by atoms with van der Waals surface area (Å²) >= 11 is 0. The van der Waals surface area contributed by atoms with Crippen LogP contribution in [-0.2, 0) is 0 Å². The fourth-order valence-electron chi connectivity index (χ4n) is 1.49. The highest BCUT2D eigenvalue weighted by Gasteiger charge is 2.19. The number of nitrogens with zero attached hydrogens (tertiary/aromatic N) is 1. The minimum absolute atomic E-state index is 0.326. The van der Waals surface area contributed by atoms with E-state index in [1.165, 1.54) is 13.3 Å². The molecule has 0 amide bonds. The molecule has 0 spiro atoms. The number of aryl methyl sites for hydroxylation is 1. The summed E-state index contributed by atoms with van der Waals surface area (Å²) < 4.78 is 4.97. The van der Waals surface area contributed by atoms with Gasteiger partial charge in [-0.1, -0.05) is 0 Å².